The highest BCUT2D eigenvalue weighted by atomic mass is 79.9. The van der Waals surface area contributed by atoms with Crippen LogP contribution in [0.3, 0.4) is 0 Å². The van der Waals surface area contributed by atoms with Crippen molar-refractivity contribution in [1.82, 2.24) is 0 Å². The third-order valence-corrected chi connectivity index (χ3v) is 5.22. The van der Waals surface area contributed by atoms with Crippen molar-refractivity contribution < 1.29 is 4.74 Å². The summed E-state index contributed by atoms with van der Waals surface area (Å²) in [5.74, 6) is 1.95. The second-order valence-corrected chi connectivity index (χ2v) is 6.17. The van der Waals surface area contributed by atoms with Crippen molar-refractivity contribution in [2.75, 3.05) is 11.9 Å². The molecule has 2 fully saturated rings. The third kappa shape index (κ3) is 3.73. The number of alkyl halides is 1. The van der Waals surface area contributed by atoms with E-state index in [1.165, 1.54) is 63.1 Å². The fourth-order valence-corrected chi connectivity index (χ4v) is 4.20. The van der Waals surface area contributed by atoms with Crippen LogP contribution in [0.25, 0.3) is 0 Å². The van der Waals surface area contributed by atoms with Crippen molar-refractivity contribution in [3.05, 3.63) is 0 Å². The predicted molar refractivity (Wildman–Crippen MR) is 72.1 cm³/mol. The number of rotatable bonds is 6. The van der Waals surface area contributed by atoms with Gasteiger partial charge in [-0.3, -0.25) is 0 Å². The van der Waals surface area contributed by atoms with Crippen molar-refractivity contribution in [3.8, 4) is 0 Å². The van der Waals surface area contributed by atoms with Crippen LogP contribution in [0.2, 0.25) is 0 Å². The van der Waals surface area contributed by atoms with E-state index in [4.69, 9.17) is 4.74 Å². The minimum Gasteiger partial charge on any atom is -0.378 e. The molecule has 0 bridgehead atoms. The molecule has 0 radical (unpaired) electrons. The Balaban J connectivity index is 1.62. The Bertz CT molecular complexity index is 183. The van der Waals surface area contributed by atoms with E-state index in [-0.39, 0.29) is 0 Å². The molecule has 1 aliphatic heterocycles. The van der Waals surface area contributed by atoms with Crippen LogP contribution in [0.4, 0.5) is 0 Å². The smallest absolute Gasteiger partial charge is 0.0576 e. The van der Waals surface area contributed by atoms with E-state index in [2.05, 4.69) is 15.9 Å². The molecule has 1 nitrogen and oxygen atoms in total. The van der Waals surface area contributed by atoms with Crippen LogP contribution in [0.5, 0.6) is 0 Å². The van der Waals surface area contributed by atoms with Gasteiger partial charge in [0.1, 0.15) is 0 Å². The van der Waals surface area contributed by atoms with Gasteiger partial charge in [-0.15, -0.1) is 0 Å². The molecule has 94 valence electrons. The van der Waals surface area contributed by atoms with Crippen LogP contribution in [-0.4, -0.2) is 18.0 Å². The van der Waals surface area contributed by atoms with Crippen LogP contribution in [0.1, 0.15) is 57.8 Å². The van der Waals surface area contributed by atoms with Gasteiger partial charge in [-0.1, -0.05) is 48.0 Å². The van der Waals surface area contributed by atoms with Crippen LogP contribution in [0.15, 0.2) is 0 Å². The Labute approximate surface area is 108 Å². The van der Waals surface area contributed by atoms with E-state index in [9.17, 15) is 0 Å². The highest BCUT2D eigenvalue weighted by Gasteiger charge is 2.24. The summed E-state index contributed by atoms with van der Waals surface area (Å²) < 4.78 is 5.68. The molecule has 1 heterocycles. The number of ether oxygens (including phenoxy) is 1. The van der Waals surface area contributed by atoms with Crippen molar-refractivity contribution in [2.24, 2.45) is 11.8 Å². The molecule has 0 aromatic heterocycles. The van der Waals surface area contributed by atoms with Gasteiger partial charge in [-0.05, 0) is 37.5 Å². The largest absolute Gasteiger partial charge is 0.378 e. The lowest BCUT2D eigenvalue weighted by atomic mass is 9.88. The van der Waals surface area contributed by atoms with Gasteiger partial charge in [0.25, 0.3) is 0 Å². The molecule has 2 atom stereocenters. The Morgan fingerprint density at radius 2 is 1.94 bits per heavy atom. The fraction of sp³-hybridized carbons (Fsp3) is 1.00. The van der Waals surface area contributed by atoms with Crippen molar-refractivity contribution in [2.45, 2.75) is 63.9 Å². The Morgan fingerprint density at radius 3 is 2.56 bits per heavy atom. The van der Waals surface area contributed by atoms with Crippen LogP contribution in [-0.2, 0) is 4.74 Å². The van der Waals surface area contributed by atoms with E-state index in [1.54, 1.807) is 0 Å². The first kappa shape index (κ1) is 12.9. The summed E-state index contributed by atoms with van der Waals surface area (Å²) in [5.41, 5.74) is 0. The lowest BCUT2D eigenvalue weighted by Gasteiger charge is -2.21. The molecular weight excluding hydrogens is 264 g/mol. The van der Waals surface area contributed by atoms with Gasteiger partial charge in [-0.2, -0.15) is 0 Å². The molecule has 16 heavy (non-hydrogen) atoms. The molecule has 2 heteroatoms. The maximum absolute atomic E-state index is 5.68. The number of hydrogen-bond donors (Lipinski definition) is 0. The molecule has 2 unspecified atom stereocenters. The van der Waals surface area contributed by atoms with Gasteiger partial charge < -0.3 is 4.74 Å². The number of halogens is 1. The quantitative estimate of drug-likeness (QED) is 0.652. The van der Waals surface area contributed by atoms with E-state index in [0.717, 1.165) is 18.4 Å². The van der Waals surface area contributed by atoms with Gasteiger partial charge in [0.15, 0.2) is 0 Å². The summed E-state index contributed by atoms with van der Waals surface area (Å²) in [5, 5.41) is 1.21. The standard InChI is InChI=1S/C14H25BrO/c15-11-13(12-5-1-2-6-12)7-3-8-14-9-4-10-16-14/h12-14H,1-11H2. The zero-order valence-electron chi connectivity index (χ0n) is 10.3. The molecule has 0 amide bonds. The lowest BCUT2D eigenvalue weighted by molar-refractivity contribution is 0.100. The summed E-state index contributed by atoms with van der Waals surface area (Å²) in [4.78, 5) is 0. The molecule has 0 aromatic rings. The van der Waals surface area contributed by atoms with Crippen LogP contribution < -0.4 is 0 Å². The summed E-state index contributed by atoms with van der Waals surface area (Å²) in [7, 11) is 0. The van der Waals surface area contributed by atoms with Crippen molar-refractivity contribution >= 4 is 15.9 Å². The monoisotopic (exact) mass is 288 g/mol. The summed E-state index contributed by atoms with van der Waals surface area (Å²) in [6.07, 6.45) is 13.2. The average molecular weight is 289 g/mol. The van der Waals surface area contributed by atoms with Gasteiger partial charge in [0.2, 0.25) is 0 Å². The molecule has 0 aromatic carbocycles. The molecule has 0 N–H and O–H groups in total. The van der Waals surface area contributed by atoms with Gasteiger partial charge in [0.05, 0.1) is 6.10 Å². The van der Waals surface area contributed by atoms with Gasteiger partial charge in [-0.25, -0.2) is 0 Å². The summed E-state index contributed by atoms with van der Waals surface area (Å²) >= 11 is 3.71. The lowest BCUT2D eigenvalue weighted by Crippen LogP contribution is -2.14. The molecule has 1 aliphatic carbocycles. The van der Waals surface area contributed by atoms with Crippen LogP contribution >= 0.6 is 15.9 Å². The minimum absolute atomic E-state index is 0.597. The minimum atomic E-state index is 0.597. The second kappa shape index (κ2) is 7.00. The zero-order valence-corrected chi connectivity index (χ0v) is 11.9. The maximum Gasteiger partial charge on any atom is 0.0576 e. The first-order valence-corrected chi connectivity index (χ1v) is 8.20. The van der Waals surface area contributed by atoms with Crippen LogP contribution in [0, 0.1) is 11.8 Å². The van der Waals surface area contributed by atoms with Gasteiger partial charge >= 0.3 is 0 Å². The van der Waals surface area contributed by atoms with E-state index in [1.807, 2.05) is 0 Å². The Morgan fingerprint density at radius 1 is 1.12 bits per heavy atom. The summed E-state index contributed by atoms with van der Waals surface area (Å²) in [6, 6.07) is 0. The van der Waals surface area contributed by atoms with E-state index >= 15 is 0 Å². The molecule has 2 rings (SSSR count). The Hall–Kier alpha value is 0.440. The molecule has 1 saturated carbocycles. The maximum atomic E-state index is 5.68. The van der Waals surface area contributed by atoms with Gasteiger partial charge in [0, 0.05) is 11.9 Å². The molecule has 1 saturated heterocycles. The zero-order chi connectivity index (χ0) is 11.2. The first-order chi connectivity index (χ1) is 7.90. The fourth-order valence-electron chi connectivity index (χ4n) is 3.35. The van der Waals surface area contributed by atoms with Crippen molar-refractivity contribution in [1.29, 1.82) is 0 Å². The average Bonchev–Trinajstić information content (AvgIpc) is 2.96. The normalized spacial score (nSPS) is 28.7. The number of hydrogen-bond acceptors (Lipinski definition) is 1. The van der Waals surface area contributed by atoms with E-state index < -0.39 is 0 Å². The molecule has 0 spiro atoms. The van der Waals surface area contributed by atoms with E-state index in [0.29, 0.717) is 6.10 Å². The molecular formula is C14H25BrO. The molecule has 2 aliphatic rings. The first-order valence-electron chi connectivity index (χ1n) is 7.07. The summed E-state index contributed by atoms with van der Waals surface area (Å²) in [6.45, 7) is 1.01. The Kier molecular flexibility index (Phi) is 5.64. The third-order valence-electron chi connectivity index (χ3n) is 4.39. The topological polar surface area (TPSA) is 9.23 Å². The predicted octanol–water partition coefficient (Wildman–Crippen LogP) is 4.54. The SMILES string of the molecule is BrCC(CCCC1CCCO1)C1CCCC1. The van der Waals surface area contributed by atoms with Crippen molar-refractivity contribution in [3.63, 3.8) is 0 Å². The highest BCUT2D eigenvalue weighted by Crippen LogP contribution is 2.35. The second-order valence-electron chi connectivity index (χ2n) is 5.52. The highest BCUT2D eigenvalue weighted by molar-refractivity contribution is 9.09.